The average Bonchev–Trinajstić information content (AvgIpc) is 2.90. The number of nitrogens with one attached hydrogen (secondary N) is 1. The highest BCUT2D eigenvalue weighted by atomic mass is 79.9. The van der Waals surface area contributed by atoms with Crippen LogP contribution in [0.15, 0.2) is 34.8 Å². The van der Waals surface area contributed by atoms with Crippen molar-refractivity contribution in [2.45, 2.75) is 18.9 Å². The Bertz CT molecular complexity index is 432. The van der Waals surface area contributed by atoms with Crippen LogP contribution >= 0.6 is 15.9 Å². The summed E-state index contributed by atoms with van der Waals surface area (Å²) in [5, 5.41) is 3.42. The molecular formula is C15H19BrN2. The second-order valence-corrected chi connectivity index (χ2v) is 6.01. The molecule has 1 saturated heterocycles. The minimum atomic E-state index is 0.658. The largest absolute Gasteiger partial charge is 0.314 e. The first kappa shape index (κ1) is 12.4. The van der Waals surface area contributed by atoms with E-state index in [0.29, 0.717) is 6.04 Å². The van der Waals surface area contributed by atoms with E-state index in [1.165, 1.54) is 37.1 Å². The molecule has 1 aliphatic carbocycles. The highest BCUT2D eigenvalue weighted by Gasteiger charge is 2.23. The number of piperazine rings is 1. The van der Waals surface area contributed by atoms with E-state index < -0.39 is 0 Å². The van der Waals surface area contributed by atoms with E-state index in [4.69, 9.17) is 0 Å². The van der Waals surface area contributed by atoms with Crippen LogP contribution in [0.2, 0.25) is 0 Å². The zero-order valence-corrected chi connectivity index (χ0v) is 12.1. The van der Waals surface area contributed by atoms with Gasteiger partial charge in [-0.05, 0) is 36.1 Å². The minimum Gasteiger partial charge on any atom is -0.314 e. The van der Waals surface area contributed by atoms with E-state index in [0.717, 1.165) is 17.6 Å². The van der Waals surface area contributed by atoms with Crippen molar-refractivity contribution < 1.29 is 0 Å². The number of halogens is 1. The first-order valence-corrected chi connectivity index (χ1v) is 7.53. The third kappa shape index (κ3) is 2.68. The van der Waals surface area contributed by atoms with Crippen LogP contribution in [0.1, 0.15) is 18.4 Å². The first-order chi connectivity index (χ1) is 8.83. The Hall–Kier alpha value is -0.640. The molecule has 18 heavy (non-hydrogen) atoms. The molecule has 1 aromatic rings. The Morgan fingerprint density at radius 1 is 1.11 bits per heavy atom. The number of hydrogen-bond acceptors (Lipinski definition) is 2. The maximum atomic E-state index is 3.49. The van der Waals surface area contributed by atoms with Crippen LogP contribution in [0.25, 0.3) is 5.57 Å². The third-order valence-electron chi connectivity index (χ3n) is 3.94. The monoisotopic (exact) mass is 306 g/mol. The van der Waals surface area contributed by atoms with E-state index >= 15 is 0 Å². The summed E-state index contributed by atoms with van der Waals surface area (Å²) in [5.74, 6) is 0. The molecule has 1 N–H and O–H groups in total. The topological polar surface area (TPSA) is 15.3 Å². The lowest BCUT2D eigenvalue weighted by Gasteiger charge is -2.31. The van der Waals surface area contributed by atoms with E-state index in [1.807, 2.05) is 0 Å². The van der Waals surface area contributed by atoms with E-state index in [1.54, 1.807) is 0 Å². The highest BCUT2D eigenvalue weighted by Crippen LogP contribution is 2.31. The molecule has 0 radical (unpaired) electrons. The third-order valence-corrected chi connectivity index (χ3v) is 4.47. The molecule has 0 spiro atoms. The van der Waals surface area contributed by atoms with Crippen LogP contribution in [0.3, 0.4) is 0 Å². The Kier molecular flexibility index (Phi) is 3.83. The number of hydrogen-bond donors (Lipinski definition) is 1. The molecule has 0 aromatic heterocycles. The van der Waals surface area contributed by atoms with Crippen molar-refractivity contribution in [3.05, 3.63) is 40.4 Å². The number of allylic oxidation sites excluding steroid dienone is 1. The minimum absolute atomic E-state index is 0.658. The van der Waals surface area contributed by atoms with Crippen LogP contribution in [0, 0.1) is 0 Å². The van der Waals surface area contributed by atoms with Gasteiger partial charge in [0.25, 0.3) is 0 Å². The molecule has 2 aliphatic rings. The van der Waals surface area contributed by atoms with Crippen LogP contribution in [-0.4, -0.2) is 37.1 Å². The molecule has 96 valence electrons. The van der Waals surface area contributed by atoms with Crippen molar-refractivity contribution in [2.75, 3.05) is 26.2 Å². The summed E-state index contributed by atoms with van der Waals surface area (Å²) in [6.07, 6.45) is 4.98. The normalized spacial score (nSPS) is 25.2. The molecule has 3 rings (SSSR count). The molecule has 0 saturated carbocycles. The van der Waals surface area contributed by atoms with Crippen molar-refractivity contribution in [3.63, 3.8) is 0 Å². The van der Waals surface area contributed by atoms with Gasteiger partial charge in [-0.15, -0.1) is 0 Å². The lowest BCUT2D eigenvalue weighted by molar-refractivity contribution is 0.200. The van der Waals surface area contributed by atoms with Crippen LogP contribution in [0.5, 0.6) is 0 Å². The summed E-state index contributed by atoms with van der Waals surface area (Å²) in [6.45, 7) is 4.65. The molecule has 1 unspecified atom stereocenters. The molecule has 3 heteroatoms. The molecule has 1 fully saturated rings. The van der Waals surface area contributed by atoms with E-state index in [-0.39, 0.29) is 0 Å². The SMILES string of the molecule is Brc1ccc(C2=CC(N3CCNCC3)CC2)cc1. The summed E-state index contributed by atoms with van der Waals surface area (Å²) in [5.41, 5.74) is 2.90. The lowest BCUT2D eigenvalue weighted by atomic mass is 10.1. The predicted octanol–water partition coefficient (Wildman–Crippen LogP) is 2.90. The zero-order valence-electron chi connectivity index (χ0n) is 10.5. The summed E-state index contributed by atoms with van der Waals surface area (Å²) in [4.78, 5) is 2.61. The van der Waals surface area contributed by atoms with Crippen LogP contribution in [-0.2, 0) is 0 Å². The van der Waals surface area contributed by atoms with Gasteiger partial charge >= 0.3 is 0 Å². The number of benzene rings is 1. The lowest BCUT2D eigenvalue weighted by Crippen LogP contribution is -2.47. The summed E-state index contributed by atoms with van der Waals surface area (Å²) in [6, 6.07) is 9.36. The zero-order chi connectivity index (χ0) is 12.4. The molecule has 1 heterocycles. The Balaban J connectivity index is 1.72. The highest BCUT2D eigenvalue weighted by molar-refractivity contribution is 9.10. The number of rotatable bonds is 2. The van der Waals surface area contributed by atoms with Crippen molar-refractivity contribution in [2.24, 2.45) is 0 Å². The maximum Gasteiger partial charge on any atom is 0.0288 e. The molecule has 1 aromatic carbocycles. The fourth-order valence-corrected chi connectivity index (χ4v) is 3.17. The standard InChI is InChI=1S/C15H19BrN2/c16-14-4-1-12(2-5-14)13-3-6-15(11-13)18-9-7-17-8-10-18/h1-2,4-5,11,15,17H,3,6-10H2. The Morgan fingerprint density at radius 2 is 1.83 bits per heavy atom. The van der Waals surface area contributed by atoms with Crippen LogP contribution < -0.4 is 5.32 Å². The Morgan fingerprint density at radius 3 is 2.56 bits per heavy atom. The van der Waals surface area contributed by atoms with Gasteiger partial charge in [0.1, 0.15) is 0 Å². The quantitative estimate of drug-likeness (QED) is 0.904. The van der Waals surface area contributed by atoms with Gasteiger partial charge < -0.3 is 5.32 Å². The van der Waals surface area contributed by atoms with Gasteiger partial charge in [-0.3, -0.25) is 4.90 Å². The van der Waals surface area contributed by atoms with Gasteiger partial charge in [0.05, 0.1) is 0 Å². The molecule has 0 amide bonds. The van der Waals surface area contributed by atoms with Crippen LogP contribution in [0.4, 0.5) is 0 Å². The average molecular weight is 307 g/mol. The second kappa shape index (κ2) is 5.55. The second-order valence-electron chi connectivity index (χ2n) is 5.09. The molecule has 0 bridgehead atoms. The van der Waals surface area contributed by atoms with Gasteiger partial charge in [0.15, 0.2) is 0 Å². The van der Waals surface area contributed by atoms with Gasteiger partial charge in [0, 0.05) is 36.7 Å². The number of nitrogens with zero attached hydrogens (tertiary/aromatic N) is 1. The van der Waals surface area contributed by atoms with Gasteiger partial charge in [-0.2, -0.15) is 0 Å². The Labute approximate surface area is 117 Å². The van der Waals surface area contributed by atoms with Crippen molar-refractivity contribution in [1.29, 1.82) is 0 Å². The summed E-state index contributed by atoms with van der Waals surface area (Å²) in [7, 11) is 0. The van der Waals surface area contributed by atoms with Gasteiger partial charge in [-0.25, -0.2) is 0 Å². The molecule has 1 aliphatic heterocycles. The van der Waals surface area contributed by atoms with Gasteiger partial charge in [0.2, 0.25) is 0 Å². The van der Waals surface area contributed by atoms with Crippen molar-refractivity contribution in [1.82, 2.24) is 10.2 Å². The van der Waals surface area contributed by atoms with E-state index in [2.05, 4.69) is 56.5 Å². The summed E-state index contributed by atoms with van der Waals surface area (Å²) < 4.78 is 1.16. The first-order valence-electron chi connectivity index (χ1n) is 6.74. The molecule has 1 atom stereocenters. The predicted molar refractivity (Wildman–Crippen MR) is 79.6 cm³/mol. The molecular weight excluding hydrogens is 288 g/mol. The van der Waals surface area contributed by atoms with Gasteiger partial charge in [-0.1, -0.05) is 34.1 Å². The smallest absolute Gasteiger partial charge is 0.0288 e. The maximum absolute atomic E-state index is 3.49. The van der Waals surface area contributed by atoms with E-state index in [9.17, 15) is 0 Å². The fourth-order valence-electron chi connectivity index (χ4n) is 2.91. The fraction of sp³-hybridized carbons (Fsp3) is 0.467. The van der Waals surface area contributed by atoms with Crippen molar-refractivity contribution in [3.8, 4) is 0 Å². The van der Waals surface area contributed by atoms with Crippen molar-refractivity contribution >= 4 is 21.5 Å². The summed E-state index contributed by atoms with van der Waals surface area (Å²) >= 11 is 3.49. The molecule has 2 nitrogen and oxygen atoms in total.